The Labute approximate surface area is 198 Å². The zero-order valence-corrected chi connectivity index (χ0v) is 19.0. The molecule has 4 heterocycles. The van der Waals surface area contributed by atoms with Crippen molar-refractivity contribution in [1.29, 1.82) is 0 Å². The number of carbonyl (C=O) groups is 1. The maximum absolute atomic E-state index is 15.1. The third-order valence-electron chi connectivity index (χ3n) is 6.67. The van der Waals surface area contributed by atoms with E-state index in [1.54, 1.807) is 23.9 Å². The molecule has 4 aliphatic rings. The average molecular weight is 492 g/mol. The Bertz CT molecular complexity index is 1230. The third kappa shape index (κ3) is 3.75. The van der Waals surface area contributed by atoms with Gasteiger partial charge in [0.15, 0.2) is 23.9 Å². The lowest BCUT2D eigenvalue weighted by Crippen LogP contribution is -2.68. The summed E-state index contributed by atoms with van der Waals surface area (Å²) in [5.74, 6) is 1.54. The lowest BCUT2D eigenvalue weighted by molar-refractivity contribution is -0.0528. The number of methoxy groups -OCH3 is 1. The van der Waals surface area contributed by atoms with Gasteiger partial charge in [0.05, 0.1) is 30.8 Å². The Morgan fingerprint density at radius 2 is 2.24 bits per heavy atom. The van der Waals surface area contributed by atoms with Crippen LogP contribution in [0.2, 0.25) is 5.15 Å². The number of hydrogen-bond acceptors (Lipinski definition) is 8. The third-order valence-corrected chi connectivity index (χ3v) is 6.85. The minimum Gasteiger partial charge on any atom is -0.441 e. The molecule has 3 saturated carbocycles. The van der Waals surface area contributed by atoms with Crippen LogP contribution in [-0.4, -0.2) is 62.4 Å². The number of alkyl halides is 1. The van der Waals surface area contributed by atoms with E-state index in [4.69, 9.17) is 25.8 Å². The Kier molecular flexibility index (Phi) is 5.12. The normalized spacial score (nSPS) is 29.5. The molecule has 3 atom stereocenters. The van der Waals surface area contributed by atoms with E-state index in [0.717, 1.165) is 25.2 Å². The summed E-state index contributed by atoms with van der Waals surface area (Å²) in [5.41, 5.74) is 1.66. The number of anilines is 2. The summed E-state index contributed by atoms with van der Waals surface area (Å²) >= 11 is 6.13. The number of rotatable bonds is 7. The second-order valence-corrected chi connectivity index (χ2v) is 9.56. The molecule has 7 rings (SSSR count). The first-order valence-electron chi connectivity index (χ1n) is 11.0. The van der Waals surface area contributed by atoms with Crippen LogP contribution in [0.1, 0.15) is 36.8 Å². The number of hydrogen-bond donors (Lipinski definition) is 3. The highest BCUT2D eigenvalue weighted by Crippen LogP contribution is 2.57. The van der Waals surface area contributed by atoms with Crippen LogP contribution in [0.5, 0.6) is 0 Å². The number of fused-ring (bicyclic) bond motifs is 1. The maximum atomic E-state index is 15.1. The van der Waals surface area contributed by atoms with Crippen LogP contribution < -0.4 is 10.6 Å². The monoisotopic (exact) mass is 491 g/mol. The predicted molar refractivity (Wildman–Crippen MR) is 118 cm³/mol. The van der Waals surface area contributed by atoms with Gasteiger partial charge in [-0.05, 0) is 31.2 Å². The summed E-state index contributed by atoms with van der Waals surface area (Å²) in [4.78, 5) is 16.5. The summed E-state index contributed by atoms with van der Waals surface area (Å²) in [5, 5.41) is 17.6. The SMILES string of the molecule is COCc1cc2c(Nc3cc([C@H]4OC[C@@H](OC(=O)NC56CC(C5)C6)[C@@H]4F)[nH]n3)nc(Cl)cn2n1. The second kappa shape index (κ2) is 8.07. The van der Waals surface area contributed by atoms with E-state index in [0.29, 0.717) is 35.1 Å². The van der Waals surface area contributed by atoms with E-state index in [1.165, 1.54) is 0 Å². The van der Waals surface area contributed by atoms with E-state index in [-0.39, 0.29) is 17.3 Å². The molecule has 11 nitrogen and oxygen atoms in total. The average Bonchev–Trinajstić information content (AvgIpc) is 3.44. The Hall–Kier alpha value is -2.96. The fourth-order valence-corrected chi connectivity index (χ4v) is 5.12. The standard InChI is InChI=1S/C21H23ClFN7O4/c1-32-8-11-2-13-19(24-15(22)7-30(13)29-11)25-16-3-12(27-28-16)18-17(23)14(9-33-18)34-20(31)26-21-4-10(5-21)6-21/h2-3,7,10,14,17-18H,4-6,8-9H2,1H3,(H,26,31)(H2,24,25,27,28)/t10?,14-,17+,18-,21?/m1/s1. The highest BCUT2D eigenvalue weighted by Gasteiger charge is 2.58. The van der Waals surface area contributed by atoms with Gasteiger partial charge in [0.2, 0.25) is 0 Å². The topological polar surface area (TPSA) is 128 Å². The van der Waals surface area contributed by atoms with Gasteiger partial charge in [-0.15, -0.1) is 0 Å². The lowest BCUT2D eigenvalue weighted by Gasteiger charge is -2.61. The van der Waals surface area contributed by atoms with Gasteiger partial charge >= 0.3 is 6.09 Å². The largest absolute Gasteiger partial charge is 0.441 e. The molecule has 0 aromatic carbocycles. The van der Waals surface area contributed by atoms with Crippen LogP contribution >= 0.6 is 11.6 Å². The zero-order valence-electron chi connectivity index (χ0n) is 18.3. The fraction of sp³-hybridized carbons (Fsp3) is 0.524. The van der Waals surface area contributed by atoms with Crippen LogP contribution in [0.3, 0.4) is 0 Å². The van der Waals surface area contributed by atoms with E-state index < -0.39 is 24.5 Å². The molecule has 4 fully saturated rings. The van der Waals surface area contributed by atoms with Crippen molar-refractivity contribution in [2.75, 3.05) is 19.0 Å². The molecule has 2 bridgehead atoms. The van der Waals surface area contributed by atoms with E-state index in [2.05, 4.69) is 30.9 Å². The molecular formula is C21H23ClFN7O4. The van der Waals surface area contributed by atoms with Crippen LogP contribution in [0.4, 0.5) is 20.8 Å². The van der Waals surface area contributed by atoms with Gasteiger partial charge in [-0.1, -0.05) is 11.6 Å². The first-order chi connectivity index (χ1) is 16.4. The van der Waals surface area contributed by atoms with Crippen molar-refractivity contribution in [3.05, 3.63) is 34.9 Å². The molecule has 13 heteroatoms. The first kappa shape index (κ1) is 21.6. The summed E-state index contributed by atoms with van der Waals surface area (Å²) in [6, 6.07) is 3.44. The van der Waals surface area contributed by atoms with Crippen molar-refractivity contribution in [3.63, 3.8) is 0 Å². The smallest absolute Gasteiger partial charge is 0.408 e. The number of aromatic amines is 1. The predicted octanol–water partition coefficient (Wildman–Crippen LogP) is 3.05. The number of nitrogens with one attached hydrogen (secondary N) is 3. The van der Waals surface area contributed by atoms with Gasteiger partial charge in [-0.3, -0.25) is 5.10 Å². The molecule has 3 aromatic rings. The molecule has 3 aliphatic carbocycles. The van der Waals surface area contributed by atoms with Gasteiger partial charge in [-0.2, -0.15) is 10.2 Å². The van der Waals surface area contributed by atoms with Crippen molar-refractivity contribution in [2.45, 2.75) is 49.8 Å². The molecule has 1 aliphatic heterocycles. The summed E-state index contributed by atoms with van der Waals surface area (Å²) in [6.45, 7) is 0.302. The molecule has 180 valence electrons. The number of ether oxygens (including phenoxy) is 3. The number of halogens is 2. The zero-order chi connectivity index (χ0) is 23.4. The number of nitrogens with zero attached hydrogens (tertiary/aromatic N) is 4. The van der Waals surface area contributed by atoms with E-state index >= 15 is 4.39 Å². The molecule has 0 unspecified atom stereocenters. The Morgan fingerprint density at radius 1 is 1.41 bits per heavy atom. The molecule has 1 saturated heterocycles. The minimum absolute atomic E-state index is 0.0365. The van der Waals surface area contributed by atoms with Crippen molar-refractivity contribution in [3.8, 4) is 0 Å². The lowest BCUT2D eigenvalue weighted by atomic mass is 9.50. The van der Waals surface area contributed by atoms with E-state index in [1.807, 2.05) is 6.07 Å². The Morgan fingerprint density at radius 3 is 2.97 bits per heavy atom. The molecule has 1 amide bonds. The van der Waals surface area contributed by atoms with Gasteiger partial charge in [0.25, 0.3) is 0 Å². The van der Waals surface area contributed by atoms with Crippen molar-refractivity contribution in [2.24, 2.45) is 5.92 Å². The fourth-order valence-electron chi connectivity index (χ4n) is 4.94. The van der Waals surface area contributed by atoms with Gasteiger partial charge in [-0.25, -0.2) is 18.7 Å². The number of H-pyrrole nitrogens is 1. The molecule has 3 N–H and O–H groups in total. The summed E-state index contributed by atoms with van der Waals surface area (Å²) in [6.07, 6.45) is 0.479. The summed E-state index contributed by atoms with van der Waals surface area (Å²) < 4.78 is 32.7. The Balaban J connectivity index is 1.12. The van der Waals surface area contributed by atoms with Crippen LogP contribution in [0.25, 0.3) is 5.52 Å². The minimum atomic E-state index is -1.53. The molecule has 3 aromatic heterocycles. The van der Waals surface area contributed by atoms with Crippen molar-refractivity contribution < 1.29 is 23.4 Å². The molecule has 34 heavy (non-hydrogen) atoms. The van der Waals surface area contributed by atoms with Gasteiger partial charge < -0.3 is 24.8 Å². The number of alkyl carbamates (subject to hydrolysis) is 1. The molecular weight excluding hydrogens is 469 g/mol. The number of carbonyl (C=O) groups excluding carboxylic acids is 1. The van der Waals surface area contributed by atoms with Crippen molar-refractivity contribution in [1.82, 2.24) is 30.1 Å². The quantitative estimate of drug-likeness (QED) is 0.460. The molecule has 0 radical (unpaired) electrons. The van der Waals surface area contributed by atoms with Gasteiger partial charge in [0, 0.05) is 18.7 Å². The molecule has 0 spiro atoms. The highest BCUT2D eigenvalue weighted by molar-refractivity contribution is 6.29. The van der Waals surface area contributed by atoms with Crippen LogP contribution in [0.15, 0.2) is 18.3 Å². The number of amides is 1. The maximum Gasteiger partial charge on any atom is 0.408 e. The van der Waals surface area contributed by atoms with Crippen LogP contribution in [-0.2, 0) is 20.8 Å². The highest BCUT2D eigenvalue weighted by atomic mass is 35.5. The number of aromatic nitrogens is 5. The van der Waals surface area contributed by atoms with Crippen molar-refractivity contribution >= 4 is 34.8 Å². The second-order valence-electron chi connectivity index (χ2n) is 9.17. The first-order valence-corrected chi connectivity index (χ1v) is 11.4. The van der Waals surface area contributed by atoms with E-state index in [9.17, 15) is 4.79 Å². The summed E-state index contributed by atoms with van der Waals surface area (Å²) in [7, 11) is 1.58. The van der Waals surface area contributed by atoms with Crippen LogP contribution in [0, 0.1) is 5.92 Å². The van der Waals surface area contributed by atoms with Gasteiger partial charge in [0.1, 0.15) is 16.8 Å².